The number of anilines is 1. The maximum atomic E-state index is 12.3. The van der Waals surface area contributed by atoms with Gasteiger partial charge in [0.05, 0.1) is 11.3 Å². The van der Waals surface area contributed by atoms with Gasteiger partial charge in [-0.3, -0.25) is 4.79 Å². The van der Waals surface area contributed by atoms with Crippen LogP contribution >= 0.6 is 19.6 Å². The van der Waals surface area contributed by atoms with Crippen molar-refractivity contribution >= 4 is 31.2 Å². The molecule has 0 saturated carbocycles. The molecule has 3 aromatic rings. The van der Waals surface area contributed by atoms with Gasteiger partial charge < -0.3 is 15.8 Å². The third kappa shape index (κ3) is 8.61. The molecule has 0 fully saturated rings. The van der Waals surface area contributed by atoms with Crippen molar-refractivity contribution < 1.29 is 28.6 Å². The summed E-state index contributed by atoms with van der Waals surface area (Å²) in [6.07, 6.45) is 4.20. The summed E-state index contributed by atoms with van der Waals surface area (Å²) < 4.78 is 20.6. The number of nitrogens with one attached hydrogen (secondary N) is 1. The maximum Gasteiger partial charge on any atom is 0.725 e. The lowest BCUT2D eigenvalue weighted by atomic mass is 10.1. The summed E-state index contributed by atoms with van der Waals surface area (Å²) in [5.74, 6) is 0.234. The molecule has 0 aliphatic heterocycles. The zero-order chi connectivity index (χ0) is 24.2. The molecule has 0 saturated heterocycles. The van der Waals surface area contributed by atoms with Gasteiger partial charge in [0, 0.05) is 20.7 Å². The summed E-state index contributed by atoms with van der Waals surface area (Å²) >= 11 is 1.58. The van der Waals surface area contributed by atoms with Gasteiger partial charge in [-0.25, -0.2) is 0 Å². The second kappa shape index (κ2) is 13.9. The van der Waals surface area contributed by atoms with Crippen molar-refractivity contribution in [2.24, 2.45) is 5.73 Å². The van der Waals surface area contributed by atoms with E-state index in [1.54, 1.807) is 17.4 Å². The van der Waals surface area contributed by atoms with Crippen molar-refractivity contribution in [2.75, 3.05) is 18.5 Å². The lowest BCUT2D eigenvalue weighted by molar-refractivity contribution is -0.210. The van der Waals surface area contributed by atoms with Gasteiger partial charge in [0.2, 0.25) is 5.91 Å². The molecule has 1 heterocycles. The van der Waals surface area contributed by atoms with Crippen LogP contribution in [0.15, 0.2) is 66.0 Å². The SMILES string of the molecule is N[C@@H](COO[P+](=O)O)C(=O)Nc1ccc(OCCCCCc2ccccc2)c(-c2cccs2)c1. The van der Waals surface area contributed by atoms with Crippen molar-refractivity contribution in [3.8, 4) is 16.2 Å². The molecule has 0 bridgehead atoms. The number of hydrogen-bond donors (Lipinski definition) is 3. The summed E-state index contributed by atoms with van der Waals surface area (Å²) in [4.78, 5) is 26.4. The first-order valence-corrected chi connectivity index (χ1v) is 12.9. The first-order chi connectivity index (χ1) is 16.5. The molecule has 4 N–H and O–H groups in total. The van der Waals surface area contributed by atoms with Crippen LogP contribution in [0.4, 0.5) is 5.69 Å². The molecule has 2 atom stereocenters. The first-order valence-electron chi connectivity index (χ1n) is 10.9. The quantitative estimate of drug-likeness (QED) is 0.122. The van der Waals surface area contributed by atoms with E-state index < -0.39 is 20.2 Å². The van der Waals surface area contributed by atoms with Gasteiger partial charge >= 0.3 is 8.25 Å². The fourth-order valence-corrected chi connectivity index (χ4v) is 4.15. The van der Waals surface area contributed by atoms with Crippen molar-refractivity contribution in [1.82, 2.24) is 0 Å². The number of carbonyl (C=O) groups excluding carboxylic acids is 1. The smallest absolute Gasteiger partial charge is 0.493 e. The fraction of sp³-hybridized carbons (Fsp3) is 0.292. The molecule has 180 valence electrons. The van der Waals surface area contributed by atoms with E-state index in [1.165, 1.54) is 5.56 Å². The number of hydrogen-bond acceptors (Lipinski definition) is 7. The number of nitrogens with two attached hydrogens (primary N) is 1. The monoisotopic (exact) mass is 503 g/mol. The number of benzene rings is 2. The van der Waals surface area contributed by atoms with Crippen molar-refractivity contribution in [1.29, 1.82) is 0 Å². The summed E-state index contributed by atoms with van der Waals surface area (Å²) in [7, 11) is -2.92. The van der Waals surface area contributed by atoms with E-state index in [4.69, 9.17) is 15.4 Å². The Hall–Kier alpha value is -2.65. The highest BCUT2D eigenvalue weighted by Crippen LogP contribution is 2.35. The predicted molar refractivity (Wildman–Crippen MR) is 133 cm³/mol. The van der Waals surface area contributed by atoms with Gasteiger partial charge in [-0.1, -0.05) is 36.4 Å². The number of thiophene rings is 1. The zero-order valence-corrected chi connectivity index (χ0v) is 20.3. The second-order valence-electron chi connectivity index (χ2n) is 7.53. The zero-order valence-electron chi connectivity index (χ0n) is 18.6. The van der Waals surface area contributed by atoms with Gasteiger partial charge in [0.15, 0.2) is 0 Å². The van der Waals surface area contributed by atoms with Crippen LogP contribution in [-0.4, -0.2) is 30.1 Å². The van der Waals surface area contributed by atoms with Gasteiger partial charge in [-0.2, -0.15) is 4.89 Å². The molecular weight excluding hydrogens is 475 g/mol. The van der Waals surface area contributed by atoms with Gasteiger partial charge in [0.25, 0.3) is 0 Å². The van der Waals surface area contributed by atoms with Gasteiger partial charge in [0.1, 0.15) is 18.4 Å². The molecule has 8 nitrogen and oxygen atoms in total. The molecular formula is C24H28N2O6PS+. The van der Waals surface area contributed by atoms with Crippen LogP contribution in [0.1, 0.15) is 24.8 Å². The van der Waals surface area contributed by atoms with Crippen LogP contribution in [0.3, 0.4) is 0 Å². The Morgan fingerprint density at radius 2 is 1.91 bits per heavy atom. The van der Waals surface area contributed by atoms with Crippen molar-refractivity contribution in [2.45, 2.75) is 31.7 Å². The third-order valence-corrected chi connectivity index (χ3v) is 6.08. The van der Waals surface area contributed by atoms with Crippen LogP contribution in [-0.2, 0) is 25.3 Å². The van der Waals surface area contributed by atoms with Crippen molar-refractivity contribution in [3.05, 3.63) is 71.6 Å². The van der Waals surface area contributed by atoms with E-state index in [-0.39, 0.29) is 6.61 Å². The maximum absolute atomic E-state index is 12.3. The van der Waals surface area contributed by atoms with Crippen molar-refractivity contribution in [3.63, 3.8) is 0 Å². The minimum atomic E-state index is -2.92. The molecule has 3 rings (SSSR count). The van der Waals surface area contributed by atoms with Crippen LogP contribution in [0.25, 0.3) is 10.4 Å². The van der Waals surface area contributed by atoms with E-state index in [0.29, 0.717) is 12.3 Å². The number of carbonyl (C=O) groups is 1. The fourth-order valence-electron chi connectivity index (χ4n) is 3.25. The van der Waals surface area contributed by atoms with E-state index in [1.807, 2.05) is 35.7 Å². The molecule has 1 amide bonds. The Balaban J connectivity index is 1.53. The van der Waals surface area contributed by atoms with E-state index >= 15 is 0 Å². The Morgan fingerprint density at radius 1 is 1.09 bits per heavy atom. The second-order valence-corrected chi connectivity index (χ2v) is 9.10. The minimum Gasteiger partial charge on any atom is -0.493 e. The molecule has 34 heavy (non-hydrogen) atoms. The molecule has 0 radical (unpaired) electrons. The van der Waals surface area contributed by atoms with Crippen LogP contribution in [0.2, 0.25) is 0 Å². The largest absolute Gasteiger partial charge is 0.725 e. The standard InChI is InChI=1S/C24H27N2O6PS/c25-21(17-31-32-33(28)29)24(27)26-19-12-13-22(20(16-19)23-11-7-15-34-23)30-14-6-2-5-10-18-8-3-1-4-9-18/h1,3-4,7-9,11-13,15-16,21H,2,5-6,10,14,17,25H2,(H-,26,27,28,29)/p+1/t21-/m0/s1. The molecule has 1 aromatic heterocycles. The number of ether oxygens (including phenoxy) is 1. The van der Waals surface area contributed by atoms with Gasteiger partial charge in [-0.05, 0) is 60.9 Å². The summed E-state index contributed by atoms with van der Waals surface area (Å²) in [5, 5.41) is 4.70. The highest BCUT2D eigenvalue weighted by Gasteiger charge is 2.20. The Labute approximate surface area is 203 Å². The topological polar surface area (TPSA) is 120 Å². The molecule has 0 aliphatic carbocycles. The third-order valence-electron chi connectivity index (χ3n) is 4.94. The average Bonchev–Trinajstić information content (AvgIpc) is 3.37. The first kappa shape index (κ1) is 26.0. The molecule has 2 aromatic carbocycles. The van der Waals surface area contributed by atoms with Crippen LogP contribution < -0.4 is 15.8 Å². The van der Waals surface area contributed by atoms with Gasteiger partial charge in [-0.15, -0.1) is 16.2 Å². The number of rotatable bonds is 14. The average molecular weight is 504 g/mol. The lowest BCUT2D eigenvalue weighted by Crippen LogP contribution is -2.39. The lowest BCUT2D eigenvalue weighted by Gasteiger charge is -2.14. The Morgan fingerprint density at radius 3 is 2.65 bits per heavy atom. The van der Waals surface area contributed by atoms with Crippen LogP contribution in [0, 0.1) is 0 Å². The Kier molecular flexibility index (Phi) is 10.6. The highest BCUT2D eigenvalue weighted by molar-refractivity contribution is 7.31. The minimum absolute atomic E-state index is 0.364. The van der Waals surface area contributed by atoms with Crippen LogP contribution in [0.5, 0.6) is 5.75 Å². The molecule has 10 heteroatoms. The molecule has 0 spiro atoms. The molecule has 0 aliphatic rings. The Bertz CT molecular complexity index is 1050. The van der Waals surface area contributed by atoms with E-state index in [0.717, 1.165) is 41.9 Å². The number of unbranched alkanes of at least 4 members (excludes halogenated alkanes) is 2. The predicted octanol–water partition coefficient (Wildman–Crippen LogP) is 5.07. The number of amides is 1. The van der Waals surface area contributed by atoms with E-state index in [9.17, 15) is 9.36 Å². The summed E-state index contributed by atoms with van der Waals surface area (Å²) in [6, 6.07) is 18.7. The molecule has 1 unspecified atom stereocenters. The summed E-state index contributed by atoms with van der Waals surface area (Å²) in [6.45, 7) is 0.241. The van der Waals surface area contributed by atoms with E-state index in [2.05, 4.69) is 39.1 Å². The summed E-state index contributed by atoms with van der Waals surface area (Å²) in [5.41, 5.74) is 8.52. The number of aryl methyl sites for hydroxylation is 1. The highest BCUT2D eigenvalue weighted by atomic mass is 32.1. The normalized spacial score (nSPS) is 12.2.